The second kappa shape index (κ2) is 3.83. The van der Waals surface area contributed by atoms with Crippen molar-refractivity contribution in [3.8, 4) is 0 Å². The lowest BCUT2D eigenvalue weighted by Crippen LogP contribution is -2.48. The van der Waals surface area contributed by atoms with Crippen LogP contribution in [0.15, 0.2) is 0 Å². The molecular formula is C8H9NO4S. The van der Waals surface area contributed by atoms with Crippen LogP contribution in [-0.4, -0.2) is 38.7 Å². The van der Waals surface area contributed by atoms with E-state index in [9.17, 15) is 14.4 Å². The Hall–Kier alpha value is -1.30. The highest BCUT2D eigenvalue weighted by atomic mass is 32.1. The number of carbonyl (C=O) groups is 3. The summed E-state index contributed by atoms with van der Waals surface area (Å²) in [5.74, 6) is -1.45. The van der Waals surface area contributed by atoms with Gasteiger partial charge in [0, 0.05) is 12.8 Å². The number of hydrogen-bond donors (Lipinski definition) is 1. The fourth-order valence-corrected chi connectivity index (χ4v) is 1.62. The first-order chi connectivity index (χ1) is 6.45. The lowest BCUT2D eigenvalue weighted by molar-refractivity contribution is -0.143. The highest BCUT2D eigenvalue weighted by molar-refractivity contribution is 7.80. The maximum Gasteiger partial charge on any atom is 0.230 e. The standard InChI is InChI=1S/C8H9NO4S/c1-4(10)7(8(13)14)9-5(11)2-3-6(9)12/h7H,2-3H2,1H3,(H,13,14). The molecule has 0 saturated carbocycles. The number of Topliss-reactive ketones (excluding diaryl/α,β-unsaturated/α-hetero) is 1. The molecule has 2 amide bonds. The summed E-state index contributed by atoms with van der Waals surface area (Å²) < 4.78 is 0. The van der Waals surface area contributed by atoms with E-state index >= 15 is 0 Å². The van der Waals surface area contributed by atoms with E-state index in [1.807, 2.05) is 0 Å². The lowest BCUT2D eigenvalue weighted by atomic mass is 10.2. The third-order valence-corrected chi connectivity index (χ3v) is 2.19. The topological polar surface area (TPSA) is 74.7 Å². The SMILES string of the molecule is CC(=O)C(C(O)=S)N1C(=O)CCC1=O. The largest absolute Gasteiger partial charge is 0.500 e. The zero-order valence-electron chi connectivity index (χ0n) is 7.52. The number of hydrogen-bond acceptors (Lipinski definition) is 4. The number of ketones is 1. The number of aliphatic hydroxyl groups is 1. The summed E-state index contributed by atoms with van der Waals surface area (Å²) in [6, 6.07) is -1.28. The van der Waals surface area contributed by atoms with E-state index < -0.39 is 28.7 Å². The van der Waals surface area contributed by atoms with Crippen LogP contribution >= 0.6 is 12.2 Å². The highest BCUT2D eigenvalue weighted by Crippen LogP contribution is 2.16. The molecule has 0 radical (unpaired) electrons. The number of carbonyl (C=O) groups excluding carboxylic acids is 3. The minimum absolute atomic E-state index is 0.0746. The summed E-state index contributed by atoms with van der Waals surface area (Å²) in [5.41, 5.74) is 0. The van der Waals surface area contributed by atoms with E-state index in [1.54, 1.807) is 0 Å². The van der Waals surface area contributed by atoms with Crippen molar-refractivity contribution in [2.24, 2.45) is 0 Å². The Balaban J connectivity index is 2.98. The highest BCUT2D eigenvalue weighted by Gasteiger charge is 2.39. The molecule has 1 unspecified atom stereocenters. The van der Waals surface area contributed by atoms with Crippen molar-refractivity contribution < 1.29 is 19.5 Å². The van der Waals surface area contributed by atoms with Crippen LogP contribution < -0.4 is 0 Å². The molecule has 5 nitrogen and oxygen atoms in total. The number of aliphatic hydroxyl groups excluding tert-OH is 1. The molecule has 0 spiro atoms. The van der Waals surface area contributed by atoms with Crippen molar-refractivity contribution in [1.29, 1.82) is 0 Å². The molecule has 1 saturated heterocycles. The number of rotatable bonds is 3. The Morgan fingerprint density at radius 2 is 1.86 bits per heavy atom. The van der Waals surface area contributed by atoms with Crippen molar-refractivity contribution in [2.45, 2.75) is 25.8 Å². The normalized spacial score (nSPS) is 18.5. The fourth-order valence-electron chi connectivity index (χ4n) is 1.35. The summed E-state index contributed by atoms with van der Waals surface area (Å²) >= 11 is 4.42. The Labute approximate surface area is 85.7 Å². The van der Waals surface area contributed by atoms with Gasteiger partial charge in [0.25, 0.3) is 0 Å². The maximum absolute atomic E-state index is 11.2. The Morgan fingerprint density at radius 1 is 1.43 bits per heavy atom. The van der Waals surface area contributed by atoms with Gasteiger partial charge in [0.1, 0.15) is 0 Å². The van der Waals surface area contributed by atoms with Crippen LogP contribution in [0.1, 0.15) is 19.8 Å². The first-order valence-corrected chi connectivity index (χ1v) is 4.44. The van der Waals surface area contributed by atoms with Crippen LogP contribution in [0.5, 0.6) is 0 Å². The third kappa shape index (κ3) is 1.79. The summed E-state index contributed by atoms with van der Waals surface area (Å²) in [5, 5.41) is 8.41. The molecule has 1 rings (SSSR count). The quantitative estimate of drug-likeness (QED) is 0.529. The van der Waals surface area contributed by atoms with E-state index in [1.165, 1.54) is 6.92 Å². The van der Waals surface area contributed by atoms with Gasteiger partial charge in [-0.2, -0.15) is 0 Å². The molecule has 1 atom stereocenters. The van der Waals surface area contributed by atoms with Crippen molar-refractivity contribution in [1.82, 2.24) is 4.90 Å². The number of nitrogens with zero attached hydrogens (tertiary/aromatic N) is 1. The summed E-state index contributed by atoms with van der Waals surface area (Å²) in [7, 11) is 0. The van der Waals surface area contributed by atoms with E-state index in [0.717, 1.165) is 4.90 Å². The Bertz CT molecular complexity index is 295. The van der Waals surface area contributed by atoms with E-state index in [4.69, 9.17) is 5.11 Å². The second-order valence-corrected chi connectivity index (χ2v) is 3.43. The van der Waals surface area contributed by atoms with Gasteiger partial charge in [0.2, 0.25) is 11.8 Å². The Kier molecular flexibility index (Phi) is 2.95. The van der Waals surface area contributed by atoms with Crippen LogP contribution in [0.2, 0.25) is 0 Å². The average Bonchev–Trinajstić information content (AvgIpc) is 2.34. The molecule has 1 heterocycles. The number of amides is 2. The Morgan fingerprint density at radius 3 is 2.14 bits per heavy atom. The molecule has 0 bridgehead atoms. The minimum atomic E-state index is -1.28. The van der Waals surface area contributed by atoms with Gasteiger partial charge in [-0.05, 0) is 19.1 Å². The average molecular weight is 215 g/mol. The fraction of sp³-hybridized carbons (Fsp3) is 0.500. The lowest BCUT2D eigenvalue weighted by Gasteiger charge is -2.21. The molecule has 0 aromatic heterocycles. The second-order valence-electron chi connectivity index (χ2n) is 3.01. The first kappa shape index (κ1) is 10.8. The number of likely N-dealkylation sites (tertiary alicyclic amines) is 1. The third-order valence-electron chi connectivity index (χ3n) is 1.97. The minimum Gasteiger partial charge on any atom is -0.500 e. The monoisotopic (exact) mass is 215 g/mol. The van der Waals surface area contributed by atoms with Gasteiger partial charge in [-0.3, -0.25) is 19.3 Å². The maximum atomic E-state index is 11.2. The molecule has 1 aliphatic heterocycles. The number of imide groups is 1. The van der Waals surface area contributed by atoms with E-state index in [-0.39, 0.29) is 12.8 Å². The number of thiocarbonyl (C=S) groups is 1. The smallest absolute Gasteiger partial charge is 0.230 e. The zero-order chi connectivity index (χ0) is 10.9. The van der Waals surface area contributed by atoms with Crippen molar-refractivity contribution in [3.63, 3.8) is 0 Å². The molecule has 76 valence electrons. The van der Waals surface area contributed by atoms with Crippen LogP contribution in [0, 0.1) is 0 Å². The van der Waals surface area contributed by atoms with Crippen LogP contribution in [0.4, 0.5) is 0 Å². The predicted octanol–water partition coefficient (Wildman–Crippen LogP) is -0.0216. The van der Waals surface area contributed by atoms with E-state index in [0.29, 0.717) is 0 Å². The van der Waals surface area contributed by atoms with Gasteiger partial charge in [-0.1, -0.05) is 0 Å². The van der Waals surface area contributed by atoms with E-state index in [2.05, 4.69) is 12.2 Å². The van der Waals surface area contributed by atoms with Crippen molar-refractivity contribution in [2.75, 3.05) is 0 Å². The zero-order valence-corrected chi connectivity index (χ0v) is 8.34. The molecule has 1 aliphatic rings. The molecule has 0 aromatic carbocycles. The molecule has 0 aliphatic carbocycles. The van der Waals surface area contributed by atoms with Gasteiger partial charge in [-0.25, -0.2) is 0 Å². The molecule has 0 aromatic rings. The summed E-state index contributed by atoms with van der Waals surface area (Å²) in [4.78, 5) is 34.2. The van der Waals surface area contributed by atoms with Crippen LogP contribution in [0.3, 0.4) is 0 Å². The molecule has 1 fully saturated rings. The molecule has 14 heavy (non-hydrogen) atoms. The summed E-state index contributed by atoms with van der Waals surface area (Å²) in [6.07, 6.45) is 0.149. The van der Waals surface area contributed by atoms with Crippen molar-refractivity contribution in [3.05, 3.63) is 0 Å². The van der Waals surface area contributed by atoms with Gasteiger partial charge < -0.3 is 5.11 Å². The van der Waals surface area contributed by atoms with Gasteiger partial charge in [-0.15, -0.1) is 0 Å². The predicted molar refractivity (Wildman–Crippen MR) is 50.8 cm³/mol. The van der Waals surface area contributed by atoms with Gasteiger partial charge >= 0.3 is 0 Å². The molecule has 6 heteroatoms. The van der Waals surface area contributed by atoms with Gasteiger partial charge in [0.15, 0.2) is 16.9 Å². The first-order valence-electron chi connectivity index (χ1n) is 4.03. The molecule has 1 N–H and O–H groups in total. The van der Waals surface area contributed by atoms with Gasteiger partial charge in [0.05, 0.1) is 0 Å². The van der Waals surface area contributed by atoms with Crippen molar-refractivity contribution >= 4 is 34.9 Å². The van der Waals surface area contributed by atoms with Crippen LogP contribution in [0.25, 0.3) is 0 Å². The van der Waals surface area contributed by atoms with Crippen LogP contribution in [-0.2, 0) is 14.4 Å². The molecular weight excluding hydrogens is 206 g/mol. The summed E-state index contributed by atoms with van der Waals surface area (Å²) in [6.45, 7) is 1.17.